The van der Waals surface area contributed by atoms with Crippen molar-refractivity contribution in [3.8, 4) is 0 Å². The topological polar surface area (TPSA) is 41.1 Å². The molecule has 1 aliphatic carbocycles. The number of halogens is 2. The first kappa shape index (κ1) is 15.1. The van der Waals surface area contributed by atoms with Gasteiger partial charge in [-0.15, -0.1) is 0 Å². The number of hydrogen-bond acceptors (Lipinski definition) is 2. The third kappa shape index (κ3) is 3.53. The quantitative estimate of drug-likeness (QED) is 0.892. The normalized spacial score (nSPS) is 25.6. The molecule has 0 bridgehead atoms. The summed E-state index contributed by atoms with van der Waals surface area (Å²) >= 11 is 12.3. The van der Waals surface area contributed by atoms with Crippen molar-refractivity contribution in [1.29, 1.82) is 0 Å². The molecule has 1 amide bonds. The number of nitrogens with one attached hydrogen (secondary N) is 2. The predicted octanol–water partition coefficient (Wildman–Crippen LogP) is 3.21. The molecule has 0 aromatic heterocycles. The summed E-state index contributed by atoms with van der Waals surface area (Å²) < 4.78 is 0. The molecule has 2 fully saturated rings. The molecule has 1 aromatic rings. The Labute approximate surface area is 135 Å². The second-order valence-electron chi connectivity index (χ2n) is 6.03. The van der Waals surface area contributed by atoms with Gasteiger partial charge in [0.05, 0.1) is 10.0 Å². The summed E-state index contributed by atoms with van der Waals surface area (Å²) in [5, 5.41) is 7.60. The summed E-state index contributed by atoms with van der Waals surface area (Å²) in [5.74, 6) is 1.06. The highest BCUT2D eigenvalue weighted by Gasteiger charge is 2.45. The second-order valence-corrected chi connectivity index (χ2v) is 6.82. The molecule has 0 unspecified atom stereocenters. The van der Waals surface area contributed by atoms with Crippen molar-refractivity contribution in [2.24, 2.45) is 11.8 Å². The molecule has 3 rings (SSSR count). The first-order valence-corrected chi connectivity index (χ1v) is 8.34. The molecule has 5 heteroatoms. The van der Waals surface area contributed by atoms with E-state index in [1.54, 1.807) is 6.07 Å². The first-order valence-electron chi connectivity index (χ1n) is 7.59. The van der Waals surface area contributed by atoms with Crippen LogP contribution in [-0.2, 0) is 4.79 Å². The lowest BCUT2D eigenvalue weighted by molar-refractivity contribution is -0.122. The number of rotatable bonds is 4. The minimum absolute atomic E-state index is 0.0580. The van der Waals surface area contributed by atoms with Gasteiger partial charge in [-0.25, -0.2) is 0 Å². The Bertz CT molecular complexity index is 529. The highest BCUT2D eigenvalue weighted by atomic mass is 35.5. The van der Waals surface area contributed by atoms with E-state index in [0.29, 0.717) is 16.0 Å². The largest absolute Gasteiger partial charge is 0.356 e. The van der Waals surface area contributed by atoms with Crippen LogP contribution in [0.1, 0.15) is 30.7 Å². The molecule has 1 aliphatic heterocycles. The number of amides is 1. The van der Waals surface area contributed by atoms with Crippen molar-refractivity contribution in [3.63, 3.8) is 0 Å². The van der Waals surface area contributed by atoms with E-state index in [2.05, 4.69) is 10.6 Å². The fourth-order valence-electron chi connectivity index (χ4n) is 3.10. The number of carbonyl (C=O) groups excluding carboxylic acids is 1. The molecular weight excluding hydrogens is 307 g/mol. The maximum Gasteiger partial charge on any atom is 0.223 e. The van der Waals surface area contributed by atoms with Crippen LogP contribution in [-0.4, -0.2) is 25.5 Å². The molecule has 21 heavy (non-hydrogen) atoms. The van der Waals surface area contributed by atoms with Crippen molar-refractivity contribution in [3.05, 3.63) is 33.8 Å². The highest BCUT2D eigenvalue weighted by molar-refractivity contribution is 6.42. The summed E-state index contributed by atoms with van der Waals surface area (Å²) in [4.78, 5) is 12.2. The Morgan fingerprint density at radius 2 is 2.05 bits per heavy atom. The Kier molecular flexibility index (Phi) is 4.72. The standard InChI is InChI=1S/C16H20Cl2N2O/c17-14-3-1-2-11(15(14)18)12-8-13(12)16(21)20-9-10-4-6-19-7-5-10/h1-3,10,12-13,19H,4-9H2,(H,20,21)/t12-,13+/m1/s1. The molecule has 2 atom stereocenters. The highest BCUT2D eigenvalue weighted by Crippen LogP contribution is 2.50. The zero-order valence-corrected chi connectivity index (χ0v) is 13.4. The van der Waals surface area contributed by atoms with Crippen LogP contribution in [0.2, 0.25) is 10.0 Å². The molecule has 3 nitrogen and oxygen atoms in total. The number of benzene rings is 1. The zero-order chi connectivity index (χ0) is 14.8. The SMILES string of the molecule is O=C(NCC1CCNCC1)[C@H]1C[C@@H]1c1cccc(Cl)c1Cl. The molecule has 0 radical (unpaired) electrons. The predicted molar refractivity (Wildman–Crippen MR) is 85.9 cm³/mol. The molecule has 2 aliphatic rings. The van der Waals surface area contributed by atoms with Crippen LogP contribution in [0.15, 0.2) is 18.2 Å². The average Bonchev–Trinajstić information content (AvgIpc) is 3.29. The molecule has 1 aromatic carbocycles. The third-order valence-electron chi connectivity index (χ3n) is 4.53. The summed E-state index contributed by atoms with van der Waals surface area (Å²) in [6.07, 6.45) is 3.17. The van der Waals surface area contributed by atoms with Crippen LogP contribution in [0.4, 0.5) is 0 Å². The average molecular weight is 327 g/mol. The molecule has 0 spiro atoms. The third-order valence-corrected chi connectivity index (χ3v) is 5.37. The lowest BCUT2D eigenvalue weighted by Gasteiger charge is -2.22. The van der Waals surface area contributed by atoms with Crippen LogP contribution in [0, 0.1) is 11.8 Å². The summed E-state index contributed by atoms with van der Waals surface area (Å²) in [5.41, 5.74) is 1.01. The first-order chi connectivity index (χ1) is 10.2. The zero-order valence-electron chi connectivity index (χ0n) is 11.9. The van der Waals surface area contributed by atoms with Crippen LogP contribution < -0.4 is 10.6 Å². The maximum absolute atomic E-state index is 12.2. The molecule has 2 N–H and O–H groups in total. The Hall–Kier alpha value is -0.770. The Morgan fingerprint density at radius 3 is 2.81 bits per heavy atom. The minimum Gasteiger partial charge on any atom is -0.356 e. The van der Waals surface area contributed by atoms with Gasteiger partial charge in [-0.05, 0) is 55.8 Å². The fourth-order valence-corrected chi connectivity index (χ4v) is 3.55. The summed E-state index contributed by atoms with van der Waals surface area (Å²) in [6, 6.07) is 5.65. The molecule has 114 valence electrons. The van der Waals surface area contributed by atoms with Gasteiger partial charge < -0.3 is 10.6 Å². The summed E-state index contributed by atoms with van der Waals surface area (Å²) in [7, 11) is 0. The molecule has 1 saturated heterocycles. The monoisotopic (exact) mass is 326 g/mol. The fraction of sp³-hybridized carbons (Fsp3) is 0.562. The smallest absolute Gasteiger partial charge is 0.223 e. The summed E-state index contributed by atoms with van der Waals surface area (Å²) in [6.45, 7) is 2.92. The van der Waals surface area contributed by atoms with Gasteiger partial charge in [0.25, 0.3) is 0 Å². The van der Waals surface area contributed by atoms with Crippen LogP contribution in [0.3, 0.4) is 0 Å². The van der Waals surface area contributed by atoms with E-state index in [9.17, 15) is 4.79 Å². The van der Waals surface area contributed by atoms with Gasteiger partial charge in [0.2, 0.25) is 5.91 Å². The van der Waals surface area contributed by atoms with Gasteiger partial charge in [0, 0.05) is 12.5 Å². The van der Waals surface area contributed by atoms with Crippen LogP contribution in [0.5, 0.6) is 0 Å². The minimum atomic E-state index is 0.0580. The van der Waals surface area contributed by atoms with E-state index in [4.69, 9.17) is 23.2 Å². The van der Waals surface area contributed by atoms with Crippen molar-refractivity contribution in [2.45, 2.75) is 25.2 Å². The second kappa shape index (κ2) is 6.55. The van der Waals surface area contributed by atoms with Crippen molar-refractivity contribution < 1.29 is 4.79 Å². The lowest BCUT2D eigenvalue weighted by Crippen LogP contribution is -2.36. The van der Waals surface area contributed by atoms with E-state index >= 15 is 0 Å². The van der Waals surface area contributed by atoms with E-state index in [-0.39, 0.29) is 17.7 Å². The van der Waals surface area contributed by atoms with Crippen LogP contribution >= 0.6 is 23.2 Å². The van der Waals surface area contributed by atoms with Gasteiger partial charge in [-0.3, -0.25) is 4.79 Å². The molecule has 1 heterocycles. The Morgan fingerprint density at radius 1 is 1.29 bits per heavy atom. The Balaban J connectivity index is 1.52. The van der Waals surface area contributed by atoms with Crippen molar-refractivity contribution >= 4 is 29.1 Å². The van der Waals surface area contributed by atoms with E-state index in [0.717, 1.165) is 44.5 Å². The van der Waals surface area contributed by atoms with Crippen molar-refractivity contribution in [2.75, 3.05) is 19.6 Å². The number of carbonyl (C=O) groups is 1. The molecular formula is C16H20Cl2N2O. The van der Waals surface area contributed by atoms with Crippen LogP contribution in [0.25, 0.3) is 0 Å². The molecule has 1 saturated carbocycles. The number of hydrogen-bond donors (Lipinski definition) is 2. The maximum atomic E-state index is 12.2. The van der Waals surface area contributed by atoms with Gasteiger partial charge in [-0.1, -0.05) is 35.3 Å². The van der Waals surface area contributed by atoms with Gasteiger partial charge in [0.15, 0.2) is 0 Å². The van der Waals surface area contributed by atoms with E-state index < -0.39 is 0 Å². The van der Waals surface area contributed by atoms with Crippen molar-refractivity contribution in [1.82, 2.24) is 10.6 Å². The van der Waals surface area contributed by atoms with Gasteiger partial charge in [0.1, 0.15) is 0 Å². The van der Waals surface area contributed by atoms with E-state index in [1.807, 2.05) is 12.1 Å². The number of piperidine rings is 1. The van der Waals surface area contributed by atoms with Gasteiger partial charge >= 0.3 is 0 Å². The van der Waals surface area contributed by atoms with Gasteiger partial charge in [-0.2, -0.15) is 0 Å². The van der Waals surface area contributed by atoms with E-state index in [1.165, 1.54) is 0 Å². The lowest BCUT2D eigenvalue weighted by atomic mass is 9.98.